The SMILES string of the molecule is C[Si](C)(C)CCOC(=O)CN(CC(=O)OCC[Si](C)(C)C)[C@@H](CCCCN)C(=O)OCC[Si](C)(C)C. The number of hydrogen-bond acceptors (Lipinski definition) is 8. The van der Waals surface area contributed by atoms with E-state index in [0.717, 1.165) is 24.6 Å². The van der Waals surface area contributed by atoms with Gasteiger partial charge in [0.15, 0.2) is 0 Å². The van der Waals surface area contributed by atoms with Gasteiger partial charge in [0.2, 0.25) is 0 Å². The van der Waals surface area contributed by atoms with Crippen LogP contribution in [0.5, 0.6) is 0 Å². The summed E-state index contributed by atoms with van der Waals surface area (Å²) >= 11 is 0. The molecule has 0 aromatic carbocycles. The highest BCUT2D eigenvalue weighted by Crippen LogP contribution is 2.15. The van der Waals surface area contributed by atoms with Gasteiger partial charge in [0.05, 0.1) is 32.9 Å². The summed E-state index contributed by atoms with van der Waals surface area (Å²) in [7, 11) is -4.09. The summed E-state index contributed by atoms with van der Waals surface area (Å²) in [5, 5.41) is 0. The lowest BCUT2D eigenvalue weighted by atomic mass is 10.1. The zero-order valence-corrected chi connectivity index (χ0v) is 27.5. The summed E-state index contributed by atoms with van der Waals surface area (Å²) in [6, 6.07) is 1.84. The van der Waals surface area contributed by atoms with Crippen molar-refractivity contribution in [2.24, 2.45) is 5.73 Å². The maximum absolute atomic E-state index is 13.1. The van der Waals surface area contributed by atoms with Crippen molar-refractivity contribution in [3.05, 3.63) is 0 Å². The fourth-order valence-corrected chi connectivity index (χ4v) is 5.27. The standard InChI is InChI=1S/C25H54N2O6Si3/c1-34(2,3)17-14-31-23(28)20-27(21-24(29)32-15-18-35(4,5)6)22(12-10-11-13-26)25(30)33-16-19-36(7,8)9/h22H,10-21,26H2,1-9H3/t22-/m0/s1. The highest BCUT2D eigenvalue weighted by atomic mass is 28.3. The first kappa shape index (κ1) is 35.0. The van der Waals surface area contributed by atoms with E-state index in [9.17, 15) is 14.4 Å². The van der Waals surface area contributed by atoms with Crippen LogP contribution in [0.25, 0.3) is 0 Å². The first-order chi connectivity index (χ1) is 16.4. The van der Waals surface area contributed by atoms with Crippen LogP contribution in [0, 0.1) is 0 Å². The van der Waals surface area contributed by atoms with Crippen molar-refractivity contribution < 1.29 is 28.6 Å². The molecule has 0 heterocycles. The number of hydrogen-bond donors (Lipinski definition) is 1. The summed E-state index contributed by atoms with van der Waals surface area (Å²) in [5.41, 5.74) is 5.67. The summed E-state index contributed by atoms with van der Waals surface area (Å²) in [4.78, 5) is 40.1. The van der Waals surface area contributed by atoms with Gasteiger partial charge in [-0.25, -0.2) is 0 Å². The Kier molecular flexibility index (Phi) is 16.3. The Morgan fingerprint density at radius 1 is 0.667 bits per heavy atom. The van der Waals surface area contributed by atoms with Crippen molar-refractivity contribution >= 4 is 42.1 Å². The molecule has 0 saturated carbocycles. The number of rotatable bonds is 19. The van der Waals surface area contributed by atoms with Gasteiger partial charge >= 0.3 is 17.9 Å². The monoisotopic (exact) mass is 562 g/mol. The van der Waals surface area contributed by atoms with Crippen LogP contribution in [-0.4, -0.2) is 92.5 Å². The number of esters is 3. The molecule has 0 aliphatic carbocycles. The fourth-order valence-electron chi connectivity index (χ4n) is 3.13. The summed E-state index contributed by atoms with van der Waals surface area (Å²) in [5.74, 6) is -1.29. The molecule has 2 N–H and O–H groups in total. The Bertz CT molecular complexity index is 638. The molecule has 8 nitrogen and oxygen atoms in total. The maximum Gasteiger partial charge on any atom is 0.323 e. The van der Waals surface area contributed by atoms with Gasteiger partial charge in [0, 0.05) is 24.2 Å². The van der Waals surface area contributed by atoms with Crippen LogP contribution in [0.2, 0.25) is 77.1 Å². The minimum atomic E-state index is -1.38. The molecule has 0 bridgehead atoms. The van der Waals surface area contributed by atoms with Crippen LogP contribution in [-0.2, 0) is 28.6 Å². The summed E-state index contributed by atoms with van der Waals surface area (Å²) < 4.78 is 16.6. The zero-order valence-electron chi connectivity index (χ0n) is 24.5. The van der Waals surface area contributed by atoms with Crippen LogP contribution in [0.4, 0.5) is 0 Å². The second-order valence-corrected chi connectivity index (χ2v) is 30.1. The molecule has 212 valence electrons. The average molecular weight is 563 g/mol. The molecule has 0 aromatic rings. The molecule has 0 saturated heterocycles. The average Bonchev–Trinajstić information content (AvgIpc) is 2.67. The van der Waals surface area contributed by atoms with Gasteiger partial charge in [0.1, 0.15) is 6.04 Å². The predicted molar refractivity (Wildman–Crippen MR) is 156 cm³/mol. The molecule has 0 spiro atoms. The Hall–Kier alpha value is -1.02. The number of carbonyl (C=O) groups is 3. The first-order valence-electron chi connectivity index (χ1n) is 13.4. The van der Waals surface area contributed by atoms with E-state index in [1.54, 1.807) is 4.90 Å². The molecular formula is C25H54N2O6Si3. The zero-order chi connectivity index (χ0) is 28.0. The van der Waals surface area contributed by atoms with Crippen molar-refractivity contribution in [2.75, 3.05) is 39.5 Å². The van der Waals surface area contributed by atoms with Gasteiger partial charge in [-0.15, -0.1) is 0 Å². The number of ether oxygens (including phenoxy) is 3. The van der Waals surface area contributed by atoms with Crippen molar-refractivity contribution in [3.63, 3.8) is 0 Å². The summed E-state index contributed by atoms with van der Waals surface area (Å²) in [6.45, 7) is 21.2. The van der Waals surface area contributed by atoms with Crippen molar-refractivity contribution in [1.82, 2.24) is 4.90 Å². The van der Waals surface area contributed by atoms with Gasteiger partial charge in [-0.05, 0) is 37.5 Å². The lowest BCUT2D eigenvalue weighted by Crippen LogP contribution is -2.48. The third-order valence-electron chi connectivity index (χ3n) is 5.64. The Morgan fingerprint density at radius 3 is 1.42 bits per heavy atom. The van der Waals surface area contributed by atoms with Crippen LogP contribution >= 0.6 is 0 Å². The Balaban J connectivity index is 5.48. The van der Waals surface area contributed by atoms with E-state index in [-0.39, 0.29) is 13.1 Å². The molecule has 0 unspecified atom stereocenters. The van der Waals surface area contributed by atoms with Crippen LogP contribution in [0.15, 0.2) is 0 Å². The minimum Gasteiger partial charge on any atom is -0.465 e. The molecule has 1 atom stereocenters. The highest BCUT2D eigenvalue weighted by molar-refractivity contribution is 6.76. The maximum atomic E-state index is 13.1. The first-order valence-corrected chi connectivity index (χ1v) is 24.5. The second kappa shape index (κ2) is 16.7. The van der Waals surface area contributed by atoms with E-state index in [4.69, 9.17) is 19.9 Å². The smallest absolute Gasteiger partial charge is 0.323 e. The molecule has 11 heteroatoms. The molecule has 0 rings (SSSR count). The second-order valence-electron chi connectivity index (χ2n) is 13.2. The lowest BCUT2D eigenvalue weighted by Gasteiger charge is -2.29. The Morgan fingerprint density at radius 2 is 1.06 bits per heavy atom. The van der Waals surface area contributed by atoms with E-state index in [1.165, 1.54) is 0 Å². The highest BCUT2D eigenvalue weighted by Gasteiger charge is 2.32. The van der Waals surface area contributed by atoms with Gasteiger partial charge in [-0.1, -0.05) is 65.3 Å². The minimum absolute atomic E-state index is 0.161. The number of nitrogens with zero attached hydrogens (tertiary/aromatic N) is 1. The molecule has 0 aliphatic rings. The van der Waals surface area contributed by atoms with Crippen LogP contribution in [0.1, 0.15) is 19.3 Å². The third kappa shape index (κ3) is 20.1. The van der Waals surface area contributed by atoms with Crippen molar-refractivity contribution in [1.29, 1.82) is 0 Å². The van der Waals surface area contributed by atoms with Gasteiger partial charge in [0.25, 0.3) is 0 Å². The normalized spacial score (nSPS) is 13.4. The molecule has 0 aromatic heterocycles. The van der Waals surface area contributed by atoms with Gasteiger partial charge in [-0.2, -0.15) is 0 Å². The van der Waals surface area contributed by atoms with E-state index < -0.39 is 48.2 Å². The van der Waals surface area contributed by atoms with Crippen molar-refractivity contribution in [3.8, 4) is 0 Å². The van der Waals surface area contributed by atoms with Crippen molar-refractivity contribution in [2.45, 2.75) is 102 Å². The molecule has 0 aliphatic heterocycles. The molecule has 0 fully saturated rings. The number of unbranched alkanes of at least 4 members (excludes halogenated alkanes) is 1. The van der Waals surface area contributed by atoms with E-state index in [1.807, 2.05) is 0 Å². The third-order valence-corrected chi connectivity index (χ3v) is 10.7. The molecular weight excluding hydrogens is 509 g/mol. The van der Waals surface area contributed by atoms with E-state index in [0.29, 0.717) is 39.2 Å². The van der Waals surface area contributed by atoms with Crippen LogP contribution < -0.4 is 5.73 Å². The van der Waals surface area contributed by atoms with Crippen LogP contribution in [0.3, 0.4) is 0 Å². The van der Waals surface area contributed by atoms with Gasteiger partial charge in [-0.3, -0.25) is 19.3 Å². The van der Waals surface area contributed by atoms with E-state index in [2.05, 4.69) is 58.9 Å². The topological polar surface area (TPSA) is 108 Å². The number of nitrogens with two attached hydrogens (primary N) is 1. The quantitative estimate of drug-likeness (QED) is 0.107. The fraction of sp³-hybridized carbons (Fsp3) is 0.880. The largest absolute Gasteiger partial charge is 0.465 e. The molecule has 0 amide bonds. The molecule has 0 radical (unpaired) electrons. The van der Waals surface area contributed by atoms with Gasteiger partial charge < -0.3 is 19.9 Å². The lowest BCUT2D eigenvalue weighted by molar-refractivity contribution is -0.156. The Labute approximate surface area is 223 Å². The molecule has 36 heavy (non-hydrogen) atoms. The predicted octanol–water partition coefficient (Wildman–Crippen LogP) is 4.43. The number of carbonyl (C=O) groups excluding carboxylic acids is 3. The van der Waals surface area contributed by atoms with E-state index >= 15 is 0 Å². The summed E-state index contributed by atoms with van der Waals surface area (Å²) in [6.07, 6.45) is 1.89.